The maximum atomic E-state index is 14.6. The van der Waals surface area contributed by atoms with Gasteiger partial charge in [-0.2, -0.15) is 13.2 Å². The minimum atomic E-state index is -4.49. The molecule has 0 radical (unpaired) electrons. The summed E-state index contributed by atoms with van der Waals surface area (Å²) < 4.78 is 58.1. The number of carbonyl (C=O) groups excluding carboxylic acids is 1. The topological polar surface area (TPSA) is 72.1 Å². The van der Waals surface area contributed by atoms with Crippen LogP contribution >= 0.6 is 0 Å². The molecule has 0 aliphatic carbocycles. The molecule has 32 heavy (non-hydrogen) atoms. The minimum Gasteiger partial charge on any atom is -0.444 e. The van der Waals surface area contributed by atoms with Gasteiger partial charge in [-0.3, -0.25) is 4.79 Å². The Morgan fingerprint density at radius 1 is 1.16 bits per heavy atom. The highest BCUT2D eigenvalue weighted by Crippen LogP contribution is 2.44. The molecule has 5 rings (SSSR count). The van der Waals surface area contributed by atoms with Gasteiger partial charge in [0.25, 0.3) is 5.91 Å². The Morgan fingerprint density at radius 2 is 1.94 bits per heavy atom. The van der Waals surface area contributed by atoms with Gasteiger partial charge in [0.1, 0.15) is 17.9 Å². The van der Waals surface area contributed by atoms with Gasteiger partial charge in [-0.25, -0.2) is 19.3 Å². The predicted molar refractivity (Wildman–Crippen MR) is 104 cm³/mol. The van der Waals surface area contributed by atoms with Crippen LogP contribution in [0.4, 0.5) is 17.6 Å². The van der Waals surface area contributed by atoms with Gasteiger partial charge in [0.05, 0.1) is 22.9 Å². The number of amides is 1. The van der Waals surface area contributed by atoms with Crippen LogP contribution in [0, 0.1) is 11.7 Å². The fourth-order valence-electron chi connectivity index (χ4n) is 4.90. The molecule has 4 heterocycles. The van der Waals surface area contributed by atoms with Crippen LogP contribution < -0.4 is 0 Å². The van der Waals surface area contributed by atoms with E-state index < -0.39 is 17.6 Å². The van der Waals surface area contributed by atoms with Crippen LogP contribution in [-0.2, 0) is 12.6 Å². The number of aromatic nitrogens is 3. The van der Waals surface area contributed by atoms with Crippen LogP contribution in [0.5, 0.6) is 0 Å². The monoisotopic (exact) mass is 446 g/mol. The van der Waals surface area contributed by atoms with Crippen LogP contribution in [0.15, 0.2) is 47.5 Å². The van der Waals surface area contributed by atoms with Crippen molar-refractivity contribution in [1.82, 2.24) is 19.9 Å². The van der Waals surface area contributed by atoms with E-state index in [0.29, 0.717) is 18.7 Å². The fraction of sp³-hybridized carbons (Fsp3) is 0.364. The van der Waals surface area contributed by atoms with Crippen molar-refractivity contribution in [3.05, 3.63) is 65.8 Å². The van der Waals surface area contributed by atoms with Gasteiger partial charge < -0.3 is 9.32 Å². The first-order chi connectivity index (χ1) is 15.3. The fourth-order valence-corrected chi connectivity index (χ4v) is 4.90. The molecule has 0 spiro atoms. The van der Waals surface area contributed by atoms with Crippen molar-refractivity contribution < 1.29 is 26.8 Å². The molecular weight excluding hydrogens is 428 g/mol. The summed E-state index contributed by atoms with van der Waals surface area (Å²) in [4.78, 5) is 27.0. The van der Waals surface area contributed by atoms with Gasteiger partial charge >= 0.3 is 6.18 Å². The van der Waals surface area contributed by atoms with Crippen molar-refractivity contribution in [3.8, 4) is 11.5 Å². The van der Waals surface area contributed by atoms with E-state index in [4.69, 9.17) is 4.42 Å². The molecule has 10 heteroatoms. The van der Waals surface area contributed by atoms with Crippen LogP contribution in [-0.4, -0.2) is 37.8 Å². The molecule has 2 saturated heterocycles. The van der Waals surface area contributed by atoms with E-state index in [0.717, 1.165) is 25.2 Å². The van der Waals surface area contributed by atoms with Crippen molar-refractivity contribution in [2.75, 3.05) is 0 Å². The van der Waals surface area contributed by atoms with Crippen molar-refractivity contribution in [2.24, 2.45) is 5.92 Å². The van der Waals surface area contributed by atoms with Crippen LogP contribution in [0.1, 0.15) is 41.0 Å². The average Bonchev–Trinajstić information content (AvgIpc) is 3.49. The van der Waals surface area contributed by atoms with Gasteiger partial charge in [0, 0.05) is 30.9 Å². The first-order valence-electron chi connectivity index (χ1n) is 10.2. The number of nitrogens with zero attached hydrogens (tertiary/aromatic N) is 4. The zero-order chi connectivity index (χ0) is 22.5. The van der Waals surface area contributed by atoms with E-state index in [9.17, 15) is 22.4 Å². The third-order valence-electron chi connectivity index (χ3n) is 6.27. The molecule has 0 N–H and O–H groups in total. The highest BCUT2D eigenvalue weighted by molar-refractivity contribution is 6.00. The molecule has 2 aliphatic rings. The number of alkyl halides is 3. The van der Waals surface area contributed by atoms with Gasteiger partial charge in [-0.1, -0.05) is 6.07 Å². The van der Waals surface area contributed by atoms with Crippen LogP contribution in [0.25, 0.3) is 11.5 Å². The standard InChI is InChI=1S/C22H18F4N4O2/c23-16-3-1-2-15(19(16)20-27-6-7-32-20)21(31)30-14-4-5-17(30)12(8-14)9-18-28-10-13(11-29-18)22(24,25)26/h1-3,6-7,10-12,14,17H,4-5,8-9H2. The Balaban J connectivity index is 1.38. The predicted octanol–water partition coefficient (Wildman–Crippen LogP) is 4.53. The lowest BCUT2D eigenvalue weighted by molar-refractivity contribution is -0.138. The highest BCUT2D eigenvalue weighted by atomic mass is 19.4. The number of oxazole rings is 1. The zero-order valence-electron chi connectivity index (χ0n) is 16.7. The van der Waals surface area contributed by atoms with Crippen molar-refractivity contribution in [2.45, 2.75) is 43.9 Å². The molecule has 1 amide bonds. The lowest BCUT2D eigenvalue weighted by atomic mass is 9.86. The summed E-state index contributed by atoms with van der Waals surface area (Å²) in [5.74, 6) is -0.532. The van der Waals surface area contributed by atoms with E-state index in [1.54, 1.807) is 11.0 Å². The van der Waals surface area contributed by atoms with Gasteiger partial charge in [0.2, 0.25) is 5.89 Å². The number of carbonyl (C=O) groups is 1. The second-order valence-corrected chi connectivity index (χ2v) is 8.10. The Morgan fingerprint density at radius 3 is 2.62 bits per heavy atom. The van der Waals surface area contributed by atoms with E-state index in [2.05, 4.69) is 15.0 Å². The number of hydrogen-bond donors (Lipinski definition) is 0. The van der Waals surface area contributed by atoms with Crippen molar-refractivity contribution in [1.29, 1.82) is 0 Å². The van der Waals surface area contributed by atoms with Gasteiger partial charge in [0.15, 0.2) is 0 Å². The molecule has 2 bridgehead atoms. The number of benzene rings is 1. The molecule has 3 atom stereocenters. The summed E-state index contributed by atoms with van der Waals surface area (Å²) in [6, 6.07) is 4.14. The third-order valence-corrected chi connectivity index (χ3v) is 6.27. The number of fused-ring (bicyclic) bond motifs is 2. The van der Waals surface area contributed by atoms with E-state index in [-0.39, 0.29) is 40.9 Å². The molecule has 2 fully saturated rings. The minimum absolute atomic E-state index is 0.0207. The molecule has 2 aliphatic heterocycles. The summed E-state index contributed by atoms with van der Waals surface area (Å²) in [5.41, 5.74) is -0.691. The number of rotatable bonds is 4. The molecule has 166 valence electrons. The lowest BCUT2D eigenvalue weighted by Gasteiger charge is -2.25. The largest absolute Gasteiger partial charge is 0.444 e. The molecule has 1 aromatic carbocycles. The van der Waals surface area contributed by atoms with Crippen molar-refractivity contribution in [3.63, 3.8) is 0 Å². The molecule has 3 unspecified atom stereocenters. The quantitative estimate of drug-likeness (QED) is 0.551. The zero-order valence-corrected chi connectivity index (χ0v) is 16.7. The summed E-state index contributed by atoms with van der Waals surface area (Å²) in [5, 5.41) is 0. The maximum absolute atomic E-state index is 14.6. The Bertz CT molecular complexity index is 1130. The lowest BCUT2D eigenvalue weighted by Crippen LogP contribution is -2.37. The number of halogens is 4. The SMILES string of the molecule is O=C(c1cccc(F)c1-c1ncco1)N1C2CCC1C(Cc1ncc(C(F)(F)F)cn1)C2. The molecule has 2 aromatic heterocycles. The Labute approximate surface area is 180 Å². The Hall–Kier alpha value is -3.30. The normalized spacial score (nSPS) is 22.5. The van der Waals surface area contributed by atoms with Crippen LogP contribution in [0.2, 0.25) is 0 Å². The van der Waals surface area contributed by atoms with Crippen LogP contribution in [0.3, 0.4) is 0 Å². The highest BCUT2D eigenvalue weighted by Gasteiger charge is 2.49. The van der Waals surface area contributed by atoms with E-state index in [1.165, 1.54) is 24.6 Å². The summed E-state index contributed by atoms with van der Waals surface area (Å²) in [7, 11) is 0. The molecule has 6 nitrogen and oxygen atoms in total. The van der Waals surface area contributed by atoms with Crippen molar-refractivity contribution >= 4 is 5.91 Å². The number of hydrogen-bond acceptors (Lipinski definition) is 5. The summed E-state index contributed by atoms with van der Waals surface area (Å²) >= 11 is 0. The van der Waals surface area contributed by atoms with Gasteiger partial charge in [-0.05, 0) is 37.3 Å². The second kappa shape index (κ2) is 7.68. The van der Waals surface area contributed by atoms with E-state index in [1.807, 2.05) is 0 Å². The second-order valence-electron chi connectivity index (χ2n) is 8.10. The molecular formula is C22H18F4N4O2. The maximum Gasteiger partial charge on any atom is 0.419 e. The summed E-state index contributed by atoms with van der Waals surface area (Å²) in [6.07, 6.45) is 2.45. The summed E-state index contributed by atoms with van der Waals surface area (Å²) in [6.45, 7) is 0. The molecule has 3 aromatic rings. The first kappa shape index (κ1) is 20.6. The van der Waals surface area contributed by atoms with Gasteiger partial charge in [-0.15, -0.1) is 0 Å². The smallest absolute Gasteiger partial charge is 0.419 e. The molecule has 0 saturated carbocycles. The first-order valence-corrected chi connectivity index (χ1v) is 10.2. The Kier molecular flexibility index (Phi) is 4.94. The van der Waals surface area contributed by atoms with E-state index >= 15 is 0 Å². The third kappa shape index (κ3) is 3.53. The average molecular weight is 446 g/mol.